The van der Waals surface area contributed by atoms with Gasteiger partial charge in [0, 0.05) is 36.7 Å². The lowest BCUT2D eigenvalue weighted by Gasteiger charge is -2.53. The Balaban J connectivity index is 1.67. The van der Waals surface area contributed by atoms with Crippen LogP contribution in [0.25, 0.3) is 0 Å². The van der Waals surface area contributed by atoms with Crippen molar-refractivity contribution in [1.29, 1.82) is 0 Å². The number of esters is 4. The van der Waals surface area contributed by atoms with Crippen LogP contribution in [0, 0.1) is 34.5 Å². The van der Waals surface area contributed by atoms with Gasteiger partial charge in [-0.25, -0.2) is 4.79 Å². The molecule has 2 aliphatic heterocycles. The third-order valence-corrected chi connectivity index (χ3v) is 10.2. The fraction of sp³-hybridized carbons (Fsp3) is 0.793. The van der Waals surface area contributed by atoms with Crippen molar-refractivity contribution in [3.05, 3.63) is 11.6 Å². The van der Waals surface area contributed by atoms with E-state index in [1.165, 1.54) is 13.8 Å². The van der Waals surface area contributed by atoms with Gasteiger partial charge in [0.25, 0.3) is 0 Å². The monoisotopic (exact) mass is 548 g/mol. The largest absolute Gasteiger partial charge is 0.461 e. The minimum Gasteiger partial charge on any atom is -0.461 e. The van der Waals surface area contributed by atoms with E-state index in [9.17, 15) is 19.2 Å². The standard InChI is InChI=1S/C29H40O10/c1-9-13(2)23(32)37-22-21-19(36-26(33)28(8)14(3)39-28)12-18-25(35-16(5)31)38-24(34-15(4)30)17-10-11-20(27(21,6)7)29(17,18)22/h12-14,17,19-22,24-25H,9-11H2,1-8H3/t13?,14?,17-,19+,20-,21+,22+,24-,25-,28?,29+/m1/s1. The number of rotatable bonds is 7. The van der Waals surface area contributed by atoms with Crippen molar-refractivity contribution in [3.8, 4) is 0 Å². The second-order valence-corrected chi connectivity index (χ2v) is 12.6. The molecule has 2 saturated carbocycles. The quantitative estimate of drug-likeness (QED) is 0.202. The SMILES string of the molecule is CCC(C)C(=O)O[C@H]1[C@@H]2[C@@H](OC(=O)C3(C)OC3C)C=C3[C@H](OC(C)=O)O[C@@H](OC(C)=O)[C@H]4CC[C@H](C2(C)C)[C@@]341. The minimum absolute atomic E-state index is 0.0450. The summed E-state index contributed by atoms with van der Waals surface area (Å²) in [7, 11) is 0. The van der Waals surface area contributed by atoms with E-state index in [0.717, 1.165) is 6.42 Å². The van der Waals surface area contributed by atoms with Gasteiger partial charge < -0.3 is 23.7 Å². The van der Waals surface area contributed by atoms with Crippen LogP contribution >= 0.6 is 0 Å². The molecule has 0 amide bonds. The number of hydrogen-bond donors (Lipinski definition) is 0. The maximum Gasteiger partial charge on any atom is 0.341 e. The average Bonchev–Trinajstić information content (AvgIpc) is 3.22. The summed E-state index contributed by atoms with van der Waals surface area (Å²) >= 11 is 0. The maximum atomic E-state index is 13.4. The number of hydrogen-bond acceptors (Lipinski definition) is 10. The van der Waals surface area contributed by atoms with Gasteiger partial charge in [-0.05, 0) is 50.5 Å². The zero-order valence-corrected chi connectivity index (χ0v) is 24.0. The molecule has 39 heavy (non-hydrogen) atoms. The number of ether oxygens (including phenoxy) is 6. The van der Waals surface area contributed by atoms with Crippen LogP contribution in [0.2, 0.25) is 0 Å². The van der Waals surface area contributed by atoms with Crippen molar-refractivity contribution >= 4 is 23.9 Å². The van der Waals surface area contributed by atoms with Crippen LogP contribution < -0.4 is 0 Å². The lowest BCUT2D eigenvalue weighted by Crippen LogP contribution is -2.60. The first-order chi connectivity index (χ1) is 18.2. The molecule has 2 saturated heterocycles. The van der Waals surface area contributed by atoms with Crippen molar-refractivity contribution in [2.24, 2.45) is 34.5 Å². The van der Waals surface area contributed by atoms with Gasteiger partial charge >= 0.3 is 23.9 Å². The second kappa shape index (κ2) is 9.29. The molecule has 1 spiro atoms. The van der Waals surface area contributed by atoms with Gasteiger partial charge in [0.15, 0.2) is 5.60 Å². The first kappa shape index (κ1) is 28.1. The van der Waals surface area contributed by atoms with Crippen LogP contribution in [0.15, 0.2) is 11.6 Å². The first-order valence-electron chi connectivity index (χ1n) is 14.0. The fourth-order valence-electron chi connectivity index (χ4n) is 7.92. The molecule has 0 aromatic heterocycles. The lowest BCUT2D eigenvalue weighted by atomic mass is 9.61. The molecule has 10 nitrogen and oxygen atoms in total. The highest BCUT2D eigenvalue weighted by Crippen LogP contribution is 2.75. The zero-order valence-electron chi connectivity index (χ0n) is 24.0. The average molecular weight is 549 g/mol. The molecule has 0 N–H and O–H groups in total. The van der Waals surface area contributed by atoms with Gasteiger partial charge in [-0.3, -0.25) is 19.1 Å². The van der Waals surface area contributed by atoms with Crippen LogP contribution in [0.3, 0.4) is 0 Å². The predicted octanol–water partition coefficient (Wildman–Crippen LogP) is 3.45. The van der Waals surface area contributed by atoms with E-state index < -0.39 is 65.0 Å². The van der Waals surface area contributed by atoms with E-state index in [-0.39, 0.29) is 29.8 Å². The normalized spacial score (nSPS) is 43.4. The molecule has 5 aliphatic rings. The first-order valence-corrected chi connectivity index (χ1v) is 14.0. The summed E-state index contributed by atoms with van der Waals surface area (Å²) < 4.78 is 35.5. The van der Waals surface area contributed by atoms with Crippen LogP contribution in [0.1, 0.15) is 74.7 Å². The molecule has 0 radical (unpaired) electrons. The van der Waals surface area contributed by atoms with E-state index in [2.05, 4.69) is 13.8 Å². The van der Waals surface area contributed by atoms with E-state index in [4.69, 9.17) is 28.4 Å². The van der Waals surface area contributed by atoms with E-state index in [1.807, 2.05) is 26.8 Å². The molecule has 216 valence electrons. The van der Waals surface area contributed by atoms with E-state index in [0.29, 0.717) is 18.4 Å². The highest BCUT2D eigenvalue weighted by atomic mass is 16.8. The molecule has 10 heteroatoms. The summed E-state index contributed by atoms with van der Waals surface area (Å²) in [5.74, 6) is -3.07. The number of epoxide rings is 1. The van der Waals surface area contributed by atoms with Crippen molar-refractivity contribution < 1.29 is 47.6 Å². The predicted molar refractivity (Wildman–Crippen MR) is 134 cm³/mol. The Labute approximate surface area is 229 Å². The Hall–Kier alpha value is -2.46. The molecule has 0 aromatic carbocycles. The van der Waals surface area contributed by atoms with Gasteiger partial charge in [-0.15, -0.1) is 0 Å². The Morgan fingerprint density at radius 1 is 1.03 bits per heavy atom. The maximum absolute atomic E-state index is 13.4. The minimum atomic E-state index is -1.20. The molecule has 5 rings (SSSR count). The number of carbonyl (C=O) groups is 4. The Kier molecular flexibility index (Phi) is 6.69. The Bertz CT molecular complexity index is 1110. The molecule has 11 atom stereocenters. The smallest absolute Gasteiger partial charge is 0.341 e. The molecule has 3 unspecified atom stereocenters. The number of carbonyl (C=O) groups excluding carboxylic acids is 4. The van der Waals surface area contributed by atoms with Gasteiger partial charge in [0.05, 0.1) is 12.0 Å². The summed E-state index contributed by atoms with van der Waals surface area (Å²) in [4.78, 5) is 51.0. The Morgan fingerprint density at radius 2 is 1.67 bits per heavy atom. The highest BCUT2D eigenvalue weighted by Gasteiger charge is 2.79. The molecule has 2 heterocycles. The van der Waals surface area contributed by atoms with Gasteiger partial charge in [-0.1, -0.05) is 27.7 Å². The molecule has 3 aliphatic carbocycles. The van der Waals surface area contributed by atoms with Crippen molar-refractivity contribution in [2.75, 3.05) is 0 Å². The lowest BCUT2D eigenvalue weighted by molar-refractivity contribution is -0.283. The molecular weight excluding hydrogens is 508 g/mol. The fourth-order valence-corrected chi connectivity index (χ4v) is 7.92. The summed E-state index contributed by atoms with van der Waals surface area (Å²) in [5, 5.41) is 0. The van der Waals surface area contributed by atoms with Crippen molar-refractivity contribution in [3.63, 3.8) is 0 Å². The topological polar surface area (TPSA) is 127 Å². The van der Waals surface area contributed by atoms with Gasteiger partial charge in [0.2, 0.25) is 12.6 Å². The zero-order chi connectivity index (χ0) is 28.7. The van der Waals surface area contributed by atoms with Gasteiger partial charge in [-0.2, -0.15) is 0 Å². The molecule has 2 bridgehead atoms. The molecular formula is C29H40O10. The van der Waals surface area contributed by atoms with Crippen LogP contribution in [-0.2, 0) is 47.6 Å². The van der Waals surface area contributed by atoms with Gasteiger partial charge in [0.1, 0.15) is 12.2 Å². The molecule has 4 fully saturated rings. The second-order valence-electron chi connectivity index (χ2n) is 12.6. The summed E-state index contributed by atoms with van der Waals surface area (Å²) in [6, 6.07) is 0. The summed E-state index contributed by atoms with van der Waals surface area (Å²) in [5.41, 5.74) is -1.73. The van der Waals surface area contributed by atoms with Crippen molar-refractivity contribution in [2.45, 2.75) is 111 Å². The van der Waals surface area contributed by atoms with Crippen LogP contribution in [0.5, 0.6) is 0 Å². The third-order valence-electron chi connectivity index (χ3n) is 10.2. The summed E-state index contributed by atoms with van der Waals surface area (Å²) in [6.07, 6.45) is -0.132. The van der Waals surface area contributed by atoms with E-state index in [1.54, 1.807) is 6.92 Å². The Morgan fingerprint density at radius 3 is 2.23 bits per heavy atom. The van der Waals surface area contributed by atoms with Crippen LogP contribution in [-0.4, -0.2) is 60.4 Å². The third kappa shape index (κ3) is 4.04. The molecule has 0 aromatic rings. The summed E-state index contributed by atoms with van der Waals surface area (Å²) in [6.45, 7) is 14.0. The van der Waals surface area contributed by atoms with Crippen molar-refractivity contribution in [1.82, 2.24) is 0 Å². The van der Waals surface area contributed by atoms with E-state index >= 15 is 0 Å². The number of fused-ring (bicyclic) bond motifs is 1. The van der Waals surface area contributed by atoms with Crippen LogP contribution in [0.4, 0.5) is 0 Å². The highest BCUT2D eigenvalue weighted by molar-refractivity contribution is 5.83.